The maximum absolute atomic E-state index is 12.2. The number of hydrogen-bond donors (Lipinski definition) is 3. The van der Waals surface area contributed by atoms with Crippen molar-refractivity contribution in [3.8, 4) is 0 Å². The summed E-state index contributed by atoms with van der Waals surface area (Å²) in [6, 6.07) is 0. The number of allylic oxidation sites excluding steroid dienone is 2. The van der Waals surface area contributed by atoms with Crippen LogP contribution in [0.1, 0.15) is 64.7 Å². The highest BCUT2D eigenvalue weighted by atomic mass is 16.3. The van der Waals surface area contributed by atoms with E-state index in [2.05, 4.69) is 13.5 Å². The quantitative estimate of drug-likeness (QED) is 0.311. The molecule has 0 saturated heterocycles. The van der Waals surface area contributed by atoms with Crippen LogP contribution in [-0.2, 0) is 9.59 Å². The van der Waals surface area contributed by atoms with Gasteiger partial charge >= 0.3 is 0 Å². The molecule has 158 valence electrons. The molecule has 0 aromatic heterocycles. The first-order valence-corrected chi connectivity index (χ1v) is 10.4. The molecule has 0 amide bonds. The monoisotopic (exact) mass is 392 g/mol. The molecule has 0 radical (unpaired) electrons. The van der Waals surface area contributed by atoms with Crippen LogP contribution in [-0.4, -0.2) is 45.2 Å². The van der Waals surface area contributed by atoms with E-state index in [0.717, 1.165) is 19.3 Å². The molecule has 1 fully saturated rings. The third-order valence-electron chi connectivity index (χ3n) is 5.47. The van der Waals surface area contributed by atoms with Crippen LogP contribution >= 0.6 is 0 Å². The second kappa shape index (κ2) is 12.8. The highest BCUT2D eigenvalue weighted by molar-refractivity contribution is 5.84. The summed E-state index contributed by atoms with van der Waals surface area (Å²) >= 11 is 0. The standard InChI is InChI=1S/C23H36O5/c1-3-5-14-23(28,4-2)15-10-13-20-19(21(26)16-22(20)27)12-9-7-6-8-11-18(25)17-24/h4,7,9-10,13,19-20,22,24,27-28H,2-3,5-6,8,11-12,14-17H2,1H3/t19-,20-,22-,23-/m1/s1. The van der Waals surface area contributed by atoms with Gasteiger partial charge in [-0.05, 0) is 32.1 Å². The fraction of sp³-hybridized carbons (Fsp3) is 0.652. The van der Waals surface area contributed by atoms with Gasteiger partial charge in [0, 0.05) is 24.7 Å². The van der Waals surface area contributed by atoms with Crippen molar-refractivity contribution in [1.82, 2.24) is 0 Å². The van der Waals surface area contributed by atoms with E-state index < -0.39 is 18.3 Å². The van der Waals surface area contributed by atoms with Crippen LogP contribution in [0, 0.1) is 11.8 Å². The topological polar surface area (TPSA) is 94.8 Å². The Labute approximate surface area is 168 Å². The summed E-state index contributed by atoms with van der Waals surface area (Å²) in [6.07, 6.45) is 14.0. The first-order valence-electron chi connectivity index (χ1n) is 10.4. The Morgan fingerprint density at radius 2 is 2.04 bits per heavy atom. The molecule has 1 rings (SSSR count). The lowest BCUT2D eigenvalue weighted by atomic mass is 9.88. The average Bonchev–Trinajstić information content (AvgIpc) is 2.95. The van der Waals surface area contributed by atoms with Crippen molar-refractivity contribution < 1.29 is 24.9 Å². The molecule has 0 bridgehead atoms. The molecule has 5 nitrogen and oxygen atoms in total. The summed E-state index contributed by atoms with van der Waals surface area (Å²) in [5.74, 6) is -0.597. The number of aliphatic hydroxyl groups is 3. The second-order valence-electron chi connectivity index (χ2n) is 7.76. The number of unbranched alkanes of at least 4 members (excludes halogenated alkanes) is 2. The molecular formula is C23H36O5. The van der Waals surface area contributed by atoms with Gasteiger partial charge in [-0.2, -0.15) is 0 Å². The Morgan fingerprint density at radius 1 is 1.29 bits per heavy atom. The van der Waals surface area contributed by atoms with Gasteiger partial charge in [0.2, 0.25) is 0 Å². The predicted molar refractivity (Wildman–Crippen MR) is 111 cm³/mol. The molecule has 5 heteroatoms. The van der Waals surface area contributed by atoms with Crippen LogP contribution in [0.5, 0.6) is 0 Å². The van der Waals surface area contributed by atoms with Crippen molar-refractivity contribution in [2.75, 3.05) is 6.61 Å². The normalized spacial score (nSPS) is 24.9. The summed E-state index contributed by atoms with van der Waals surface area (Å²) < 4.78 is 0. The molecule has 0 heterocycles. The molecule has 4 atom stereocenters. The molecule has 0 spiro atoms. The van der Waals surface area contributed by atoms with Crippen molar-refractivity contribution in [3.63, 3.8) is 0 Å². The highest BCUT2D eigenvalue weighted by Gasteiger charge is 2.39. The molecule has 0 aromatic rings. The molecule has 3 N–H and O–H groups in total. The SMILES string of the molecule is C=C[C@](O)(CC=C[C@H]1[C@H](O)CC(=O)[C@@H]1CC=CCCCC(=O)CO)CCCC. The molecule has 0 aromatic carbocycles. The van der Waals surface area contributed by atoms with E-state index in [4.69, 9.17) is 5.11 Å². The molecule has 28 heavy (non-hydrogen) atoms. The van der Waals surface area contributed by atoms with Crippen molar-refractivity contribution in [3.05, 3.63) is 37.0 Å². The number of rotatable bonds is 14. The van der Waals surface area contributed by atoms with Crippen LogP contribution in [0.25, 0.3) is 0 Å². The largest absolute Gasteiger partial charge is 0.392 e. The minimum Gasteiger partial charge on any atom is -0.392 e. The maximum atomic E-state index is 12.2. The van der Waals surface area contributed by atoms with Crippen LogP contribution in [0.2, 0.25) is 0 Å². The third-order valence-corrected chi connectivity index (χ3v) is 5.47. The lowest BCUT2D eigenvalue weighted by Crippen LogP contribution is -2.25. The van der Waals surface area contributed by atoms with Gasteiger partial charge in [0.25, 0.3) is 0 Å². The average molecular weight is 393 g/mol. The van der Waals surface area contributed by atoms with E-state index in [1.165, 1.54) is 0 Å². The smallest absolute Gasteiger partial charge is 0.158 e. The summed E-state index contributed by atoms with van der Waals surface area (Å²) in [5, 5.41) is 29.5. The van der Waals surface area contributed by atoms with Gasteiger partial charge in [-0.1, -0.05) is 50.1 Å². The number of hydrogen-bond acceptors (Lipinski definition) is 5. The van der Waals surface area contributed by atoms with Crippen LogP contribution < -0.4 is 0 Å². The van der Waals surface area contributed by atoms with E-state index in [-0.39, 0.29) is 29.8 Å². The molecular weight excluding hydrogens is 356 g/mol. The fourth-order valence-corrected chi connectivity index (χ4v) is 3.58. The number of carbonyl (C=O) groups excluding carboxylic acids is 2. The van der Waals surface area contributed by atoms with Crippen LogP contribution in [0.3, 0.4) is 0 Å². The van der Waals surface area contributed by atoms with Crippen LogP contribution in [0.15, 0.2) is 37.0 Å². The van der Waals surface area contributed by atoms with Crippen molar-refractivity contribution in [2.45, 2.75) is 76.4 Å². The van der Waals surface area contributed by atoms with E-state index in [9.17, 15) is 19.8 Å². The zero-order valence-corrected chi connectivity index (χ0v) is 17.1. The second-order valence-corrected chi connectivity index (χ2v) is 7.76. The van der Waals surface area contributed by atoms with Gasteiger partial charge in [0.1, 0.15) is 12.4 Å². The maximum Gasteiger partial charge on any atom is 0.158 e. The minimum absolute atomic E-state index is 0.0622. The highest BCUT2D eigenvalue weighted by Crippen LogP contribution is 2.34. The third kappa shape index (κ3) is 8.21. The Balaban J connectivity index is 2.57. The van der Waals surface area contributed by atoms with Gasteiger partial charge in [0.15, 0.2) is 5.78 Å². The zero-order chi connectivity index (χ0) is 21.0. The Hall–Kier alpha value is -1.56. The van der Waals surface area contributed by atoms with E-state index in [1.54, 1.807) is 6.08 Å². The van der Waals surface area contributed by atoms with Crippen LogP contribution in [0.4, 0.5) is 0 Å². The summed E-state index contributed by atoms with van der Waals surface area (Å²) in [5.41, 5.74) is -0.943. The van der Waals surface area contributed by atoms with Crippen molar-refractivity contribution in [2.24, 2.45) is 11.8 Å². The van der Waals surface area contributed by atoms with E-state index in [0.29, 0.717) is 32.1 Å². The number of aliphatic hydroxyl groups excluding tert-OH is 2. The first kappa shape index (κ1) is 24.5. The summed E-state index contributed by atoms with van der Waals surface area (Å²) in [7, 11) is 0. The molecule has 1 aliphatic rings. The number of Topliss-reactive ketones (excluding diaryl/α,β-unsaturated/α-hetero) is 2. The Bertz CT molecular complexity index is 565. The van der Waals surface area contributed by atoms with Gasteiger partial charge in [0.05, 0.1) is 11.7 Å². The van der Waals surface area contributed by atoms with Gasteiger partial charge in [-0.25, -0.2) is 0 Å². The lowest BCUT2D eigenvalue weighted by molar-refractivity contribution is -0.122. The van der Waals surface area contributed by atoms with Crippen molar-refractivity contribution >= 4 is 11.6 Å². The van der Waals surface area contributed by atoms with Gasteiger partial charge < -0.3 is 15.3 Å². The van der Waals surface area contributed by atoms with Gasteiger partial charge in [-0.3, -0.25) is 9.59 Å². The summed E-state index contributed by atoms with van der Waals surface area (Å²) in [4.78, 5) is 23.3. The summed E-state index contributed by atoms with van der Waals surface area (Å²) in [6.45, 7) is 5.39. The minimum atomic E-state index is -0.943. The predicted octanol–water partition coefficient (Wildman–Crippen LogP) is 3.28. The lowest BCUT2D eigenvalue weighted by Gasteiger charge is -2.23. The van der Waals surface area contributed by atoms with E-state index >= 15 is 0 Å². The Morgan fingerprint density at radius 3 is 2.68 bits per heavy atom. The molecule has 1 aliphatic carbocycles. The fourth-order valence-electron chi connectivity index (χ4n) is 3.58. The number of ketones is 2. The molecule has 0 unspecified atom stereocenters. The first-order chi connectivity index (χ1) is 13.4. The Kier molecular flexibility index (Phi) is 11.2. The number of carbonyl (C=O) groups is 2. The van der Waals surface area contributed by atoms with E-state index in [1.807, 2.05) is 24.3 Å². The zero-order valence-electron chi connectivity index (χ0n) is 17.1. The van der Waals surface area contributed by atoms with Crippen molar-refractivity contribution in [1.29, 1.82) is 0 Å². The molecule has 0 aliphatic heterocycles. The van der Waals surface area contributed by atoms with Gasteiger partial charge in [-0.15, -0.1) is 6.58 Å². The molecule has 1 saturated carbocycles.